The van der Waals surface area contributed by atoms with Crippen LogP contribution in [0.15, 0.2) is 72.8 Å². The van der Waals surface area contributed by atoms with E-state index in [4.69, 9.17) is 4.74 Å². The molecule has 5 nitrogen and oxygen atoms in total. The molecule has 0 aliphatic carbocycles. The van der Waals surface area contributed by atoms with Crippen molar-refractivity contribution < 1.29 is 14.3 Å². The molecule has 0 spiro atoms. The Balaban J connectivity index is 1.68. The highest BCUT2D eigenvalue weighted by Gasteiger charge is 2.33. The molecule has 0 saturated carbocycles. The number of nitrogens with zero attached hydrogens (tertiary/aromatic N) is 1. The van der Waals surface area contributed by atoms with Crippen molar-refractivity contribution in [3.8, 4) is 5.75 Å². The topological polar surface area (TPSA) is 58.6 Å². The van der Waals surface area contributed by atoms with Crippen molar-refractivity contribution in [3.05, 3.63) is 101 Å². The number of benzene rings is 3. The Labute approximate surface area is 195 Å². The Hall–Kier alpha value is -3.60. The number of hydrogen-bond acceptors (Lipinski definition) is 3. The van der Waals surface area contributed by atoms with Gasteiger partial charge in [-0.25, -0.2) is 0 Å². The van der Waals surface area contributed by atoms with Gasteiger partial charge in [-0.05, 0) is 60.7 Å². The Morgan fingerprint density at radius 2 is 1.85 bits per heavy atom. The molecule has 0 unspecified atom stereocenters. The van der Waals surface area contributed by atoms with E-state index in [1.807, 2.05) is 60.4 Å². The lowest BCUT2D eigenvalue weighted by molar-refractivity contribution is -0.123. The van der Waals surface area contributed by atoms with E-state index in [-0.39, 0.29) is 24.5 Å². The highest BCUT2D eigenvalue weighted by molar-refractivity contribution is 5.95. The number of ether oxygens (including phenoxy) is 1. The highest BCUT2D eigenvalue weighted by Crippen LogP contribution is 2.38. The van der Waals surface area contributed by atoms with Crippen molar-refractivity contribution in [2.24, 2.45) is 0 Å². The summed E-state index contributed by atoms with van der Waals surface area (Å²) in [5, 5.41) is 2.83. The fourth-order valence-corrected chi connectivity index (χ4v) is 4.31. The van der Waals surface area contributed by atoms with Crippen molar-refractivity contribution in [2.45, 2.75) is 32.7 Å². The molecule has 0 aromatic heterocycles. The molecular formula is C28H30N2O3. The molecule has 3 aromatic rings. The minimum Gasteiger partial charge on any atom is -0.484 e. The van der Waals surface area contributed by atoms with Crippen molar-refractivity contribution in [3.63, 3.8) is 0 Å². The van der Waals surface area contributed by atoms with E-state index in [2.05, 4.69) is 36.5 Å². The quantitative estimate of drug-likeness (QED) is 0.578. The van der Waals surface area contributed by atoms with E-state index in [9.17, 15) is 9.59 Å². The zero-order valence-electron chi connectivity index (χ0n) is 19.2. The molecule has 2 amide bonds. The van der Waals surface area contributed by atoms with Crippen LogP contribution in [-0.4, -0.2) is 36.4 Å². The molecule has 1 aliphatic heterocycles. The molecule has 1 heterocycles. The summed E-state index contributed by atoms with van der Waals surface area (Å²) in [6.07, 6.45) is 1.65. The molecule has 5 heteroatoms. The minimum absolute atomic E-state index is 0.0121. The van der Waals surface area contributed by atoms with Crippen molar-refractivity contribution >= 4 is 11.8 Å². The van der Waals surface area contributed by atoms with E-state index >= 15 is 0 Å². The molecule has 0 fully saturated rings. The van der Waals surface area contributed by atoms with Crippen LogP contribution in [0.2, 0.25) is 0 Å². The van der Waals surface area contributed by atoms with Gasteiger partial charge in [0.1, 0.15) is 5.75 Å². The summed E-state index contributed by atoms with van der Waals surface area (Å²) in [6, 6.07) is 23.5. The first kappa shape index (κ1) is 22.6. The Bertz CT molecular complexity index is 1130. The molecule has 3 aromatic carbocycles. The largest absolute Gasteiger partial charge is 0.484 e. The summed E-state index contributed by atoms with van der Waals surface area (Å²) < 4.78 is 5.80. The van der Waals surface area contributed by atoms with Gasteiger partial charge >= 0.3 is 0 Å². The molecule has 170 valence electrons. The lowest BCUT2D eigenvalue weighted by Gasteiger charge is -2.38. The summed E-state index contributed by atoms with van der Waals surface area (Å²) in [5.41, 5.74) is 5.13. The Kier molecular flexibility index (Phi) is 7.08. The normalized spacial score (nSPS) is 15.0. The molecule has 1 aliphatic rings. The second kappa shape index (κ2) is 10.3. The predicted octanol–water partition coefficient (Wildman–Crippen LogP) is 4.69. The molecule has 4 rings (SSSR count). The van der Waals surface area contributed by atoms with Crippen LogP contribution in [0.4, 0.5) is 0 Å². The second-order valence-electron chi connectivity index (χ2n) is 8.43. The number of carbonyl (C=O) groups excluding carboxylic acids is 2. The van der Waals surface area contributed by atoms with Crippen LogP contribution >= 0.6 is 0 Å². The maximum absolute atomic E-state index is 13.5. The van der Waals surface area contributed by atoms with Gasteiger partial charge in [-0.15, -0.1) is 0 Å². The van der Waals surface area contributed by atoms with Crippen LogP contribution in [0, 0.1) is 6.92 Å². The second-order valence-corrected chi connectivity index (χ2v) is 8.43. The molecule has 0 saturated heterocycles. The third-order valence-electron chi connectivity index (χ3n) is 5.93. The molecule has 33 heavy (non-hydrogen) atoms. The SMILES string of the molecule is CCCNC(=O)COc1ccc2c(c1)[C@@H](c1cccc(C)c1)N(C(=O)c1ccccc1)CC2. The third kappa shape index (κ3) is 5.25. The molecule has 1 atom stereocenters. The summed E-state index contributed by atoms with van der Waals surface area (Å²) in [4.78, 5) is 27.5. The maximum Gasteiger partial charge on any atom is 0.257 e. The van der Waals surface area contributed by atoms with Gasteiger partial charge in [0.2, 0.25) is 0 Å². The van der Waals surface area contributed by atoms with Crippen LogP contribution in [-0.2, 0) is 11.2 Å². The van der Waals surface area contributed by atoms with Gasteiger partial charge in [-0.1, -0.05) is 61.0 Å². The molecule has 1 N–H and O–H groups in total. The lowest BCUT2D eigenvalue weighted by atomic mass is 9.87. The van der Waals surface area contributed by atoms with E-state index in [1.165, 1.54) is 5.56 Å². The van der Waals surface area contributed by atoms with Crippen LogP contribution in [0.5, 0.6) is 5.75 Å². The zero-order chi connectivity index (χ0) is 23.2. The number of nitrogens with one attached hydrogen (secondary N) is 1. The summed E-state index contributed by atoms with van der Waals surface area (Å²) in [7, 11) is 0. The first-order valence-corrected chi connectivity index (χ1v) is 11.5. The predicted molar refractivity (Wildman–Crippen MR) is 129 cm³/mol. The fraction of sp³-hybridized carbons (Fsp3) is 0.286. The summed E-state index contributed by atoms with van der Waals surface area (Å²) in [5.74, 6) is 0.510. The van der Waals surface area contributed by atoms with E-state index in [0.29, 0.717) is 24.4 Å². The average Bonchev–Trinajstić information content (AvgIpc) is 2.85. The highest BCUT2D eigenvalue weighted by atomic mass is 16.5. The van der Waals surface area contributed by atoms with Gasteiger partial charge in [-0.3, -0.25) is 9.59 Å². The smallest absolute Gasteiger partial charge is 0.257 e. The van der Waals surface area contributed by atoms with E-state index in [1.54, 1.807) is 0 Å². The minimum atomic E-state index is -0.223. The van der Waals surface area contributed by atoms with Gasteiger partial charge in [-0.2, -0.15) is 0 Å². The number of rotatable bonds is 7. The number of carbonyl (C=O) groups is 2. The summed E-state index contributed by atoms with van der Waals surface area (Å²) in [6.45, 7) is 5.32. The number of fused-ring (bicyclic) bond motifs is 1. The Morgan fingerprint density at radius 1 is 1.03 bits per heavy atom. The lowest BCUT2D eigenvalue weighted by Crippen LogP contribution is -2.40. The van der Waals surface area contributed by atoms with Crippen molar-refractivity contribution in [1.29, 1.82) is 0 Å². The van der Waals surface area contributed by atoms with Crippen molar-refractivity contribution in [2.75, 3.05) is 19.7 Å². The number of hydrogen-bond donors (Lipinski definition) is 1. The number of aryl methyl sites for hydroxylation is 1. The Morgan fingerprint density at radius 3 is 2.61 bits per heavy atom. The van der Waals surface area contributed by atoms with Gasteiger partial charge in [0.15, 0.2) is 6.61 Å². The van der Waals surface area contributed by atoms with Gasteiger partial charge in [0.25, 0.3) is 11.8 Å². The van der Waals surface area contributed by atoms with E-state index < -0.39 is 0 Å². The standard InChI is InChI=1S/C28H30N2O3/c1-3-15-29-26(31)19-33-24-13-12-21-14-16-30(28(32)22-9-5-4-6-10-22)27(25(21)18-24)23-11-7-8-20(2)17-23/h4-13,17-18,27H,3,14-16,19H2,1-2H3,(H,29,31)/t27-/m1/s1. The molecule has 0 radical (unpaired) electrons. The number of amides is 2. The van der Waals surface area contributed by atoms with Gasteiger partial charge in [0.05, 0.1) is 6.04 Å². The molecule has 0 bridgehead atoms. The first-order chi connectivity index (χ1) is 16.1. The maximum atomic E-state index is 13.5. The molecular weight excluding hydrogens is 412 g/mol. The van der Waals surface area contributed by atoms with Gasteiger partial charge < -0.3 is 15.0 Å². The fourth-order valence-electron chi connectivity index (χ4n) is 4.31. The summed E-state index contributed by atoms with van der Waals surface area (Å²) >= 11 is 0. The van der Waals surface area contributed by atoms with Gasteiger partial charge in [0, 0.05) is 18.7 Å². The monoisotopic (exact) mass is 442 g/mol. The van der Waals surface area contributed by atoms with Crippen LogP contribution in [0.1, 0.15) is 52.0 Å². The van der Waals surface area contributed by atoms with Crippen LogP contribution < -0.4 is 10.1 Å². The first-order valence-electron chi connectivity index (χ1n) is 11.5. The van der Waals surface area contributed by atoms with Crippen molar-refractivity contribution in [1.82, 2.24) is 10.2 Å². The van der Waals surface area contributed by atoms with Crippen LogP contribution in [0.25, 0.3) is 0 Å². The van der Waals surface area contributed by atoms with E-state index in [0.717, 1.165) is 29.5 Å². The average molecular weight is 443 g/mol. The van der Waals surface area contributed by atoms with Crippen LogP contribution in [0.3, 0.4) is 0 Å². The zero-order valence-corrected chi connectivity index (χ0v) is 19.2. The third-order valence-corrected chi connectivity index (χ3v) is 5.93.